The minimum atomic E-state index is 0. The largest absolute Gasteiger partial charge is 0.327 e. The van der Waals surface area contributed by atoms with Crippen LogP contribution in [0.2, 0.25) is 5.02 Å². The molecule has 7 heteroatoms. The van der Waals surface area contributed by atoms with E-state index in [2.05, 4.69) is 21.0 Å². The summed E-state index contributed by atoms with van der Waals surface area (Å²) >= 11 is 6.10. The van der Waals surface area contributed by atoms with E-state index >= 15 is 0 Å². The summed E-state index contributed by atoms with van der Waals surface area (Å²) < 4.78 is 1.76. The minimum absolute atomic E-state index is 0. The summed E-state index contributed by atoms with van der Waals surface area (Å²) in [6.45, 7) is 2.90. The van der Waals surface area contributed by atoms with Gasteiger partial charge >= 0.3 is 0 Å². The predicted octanol–water partition coefficient (Wildman–Crippen LogP) is 2.27. The van der Waals surface area contributed by atoms with Gasteiger partial charge in [-0.1, -0.05) is 17.7 Å². The van der Waals surface area contributed by atoms with Gasteiger partial charge in [0.25, 0.3) is 0 Å². The number of halogens is 2. The molecule has 0 saturated carbocycles. The van der Waals surface area contributed by atoms with Crippen LogP contribution < -0.4 is 5.73 Å². The van der Waals surface area contributed by atoms with E-state index in [1.165, 1.54) is 11.9 Å². The van der Waals surface area contributed by atoms with E-state index in [9.17, 15) is 0 Å². The molecule has 114 valence electrons. The van der Waals surface area contributed by atoms with Crippen LogP contribution in [0.1, 0.15) is 18.4 Å². The summed E-state index contributed by atoms with van der Waals surface area (Å²) in [4.78, 5) is 6.39. The average Bonchev–Trinajstić information content (AvgIpc) is 2.95. The predicted molar refractivity (Wildman–Crippen MR) is 86.1 cm³/mol. The Kier molecular flexibility index (Phi) is 5.58. The molecule has 1 fully saturated rings. The molecule has 1 unspecified atom stereocenters. The van der Waals surface area contributed by atoms with Gasteiger partial charge in [0, 0.05) is 24.2 Å². The molecule has 1 aromatic heterocycles. The van der Waals surface area contributed by atoms with Gasteiger partial charge in [-0.25, -0.2) is 9.67 Å². The maximum absolute atomic E-state index is 6.10. The molecule has 1 aromatic carbocycles. The van der Waals surface area contributed by atoms with Crippen molar-refractivity contribution < 1.29 is 0 Å². The molecule has 2 aromatic rings. The molecule has 21 heavy (non-hydrogen) atoms. The standard InChI is InChI=1S/C14H18ClN5.ClH/c15-12-4-3-11(7-19-5-1-2-13(16)8-19)14(6-12)20-10-17-9-18-20;/h3-4,6,9-10,13H,1-2,5,7-8,16H2;1H. The monoisotopic (exact) mass is 327 g/mol. The highest BCUT2D eigenvalue weighted by Gasteiger charge is 2.18. The van der Waals surface area contributed by atoms with Gasteiger partial charge in [0.1, 0.15) is 12.7 Å². The van der Waals surface area contributed by atoms with Crippen LogP contribution in [-0.4, -0.2) is 38.8 Å². The van der Waals surface area contributed by atoms with Gasteiger partial charge in [-0.3, -0.25) is 4.90 Å². The van der Waals surface area contributed by atoms with E-state index in [1.54, 1.807) is 11.0 Å². The molecule has 2 heterocycles. The number of rotatable bonds is 3. The van der Waals surface area contributed by atoms with Crippen molar-refractivity contribution >= 4 is 24.0 Å². The average molecular weight is 328 g/mol. The maximum atomic E-state index is 6.10. The lowest BCUT2D eigenvalue weighted by atomic mass is 10.1. The summed E-state index contributed by atoms with van der Waals surface area (Å²) in [6.07, 6.45) is 5.50. The van der Waals surface area contributed by atoms with Crippen LogP contribution in [0, 0.1) is 0 Å². The van der Waals surface area contributed by atoms with E-state index < -0.39 is 0 Å². The van der Waals surface area contributed by atoms with Gasteiger partial charge in [0.2, 0.25) is 0 Å². The highest BCUT2D eigenvalue weighted by molar-refractivity contribution is 6.30. The first kappa shape index (κ1) is 16.2. The number of hydrogen-bond donors (Lipinski definition) is 1. The fourth-order valence-electron chi connectivity index (χ4n) is 2.69. The second-order valence-corrected chi connectivity index (χ2v) is 5.69. The van der Waals surface area contributed by atoms with Crippen LogP contribution in [0.25, 0.3) is 5.69 Å². The molecule has 1 aliphatic rings. The third kappa shape index (κ3) is 3.95. The lowest BCUT2D eigenvalue weighted by Crippen LogP contribution is -2.42. The summed E-state index contributed by atoms with van der Waals surface area (Å²) in [6, 6.07) is 6.18. The number of likely N-dealkylation sites (tertiary alicyclic amines) is 1. The fraction of sp³-hybridized carbons (Fsp3) is 0.429. The van der Waals surface area contributed by atoms with E-state index in [4.69, 9.17) is 17.3 Å². The minimum Gasteiger partial charge on any atom is -0.327 e. The smallest absolute Gasteiger partial charge is 0.138 e. The molecule has 0 bridgehead atoms. The lowest BCUT2D eigenvalue weighted by Gasteiger charge is -2.31. The van der Waals surface area contributed by atoms with Gasteiger partial charge in [0.15, 0.2) is 0 Å². The Morgan fingerprint density at radius 1 is 1.38 bits per heavy atom. The van der Waals surface area contributed by atoms with Crippen molar-refractivity contribution in [3.63, 3.8) is 0 Å². The normalized spacial score (nSPS) is 19.2. The van der Waals surface area contributed by atoms with Gasteiger partial charge in [-0.05, 0) is 37.1 Å². The van der Waals surface area contributed by atoms with Crippen molar-refractivity contribution in [3.8, 4) is 5.69 Å². The molecular formula is C14H19Cl2N5. The summed E-state index contributed by atoms with van der Waals surface area (Å²) in [5.74, 6) is 0. The molecule has 1 aliphatic heterocycles. The summed E-state index contributed by atoms with van der Waals surface area (Å²) in [5, 5.41) is 4.90. The third-order valence-corrected chi connectivity index (χ3v) is 3.88. The summed E-state index contributed by atoms with van der Waals surface area (Å²) in [5.41, 5.74) is 8.21. The number of nitrogens with zero attached hydrogens (tertiary/aromatic N) is 4. The summed E-state index contributed by atoms with van der Waals surface area (Å²) in [7, 11) is 0. The van der Waals surface area contributed by atoms with Crippen LogP contribution in [0.15, 0.2) is 30.9 Å². The van der Waals surface area contributed by atoms with Crippen molar-refractivity contribution in [3.05, 3.63) is 41.4 Å². The number of nitrogens with two attached hydrogens (primary N) is 1. The van der Waals surface area contributed by atoms with Crippen molar-refractivity contribution in [1.82, 2.24) is 19.7 Å². The highest BCUT2D eigenvalue weighted by atomic mass is 35.5. The molecule has 5 nitrogen and oxygen atoms in total. The number of benzene rings is 1. The van der Waals surface area contributed by atoms with E-state index in [0.29, 0.717) is 5.02 Å². The molecule has 1 saturated heterocycles. The van der Waals surface area contributed by atoms with Crippen LogP contribution in [0.3, 0.4) is 0 Å². The molecule has 2 N–H and O–H groups in total. The SMILES string of the molecule is Cl.NC1CCCN(Cc2ccc(Cl)cc2-n2cncn2)C1. The highest BCUT2D eigenvalue weighted by Crippen LogP contribution is 2.22. The van der Waals surface area contributed by atoms with Crippen molar-refractivity contribution in [2.24, 2.45) is 5.73 Å². The second kappa shape index (κ2) is 7.22. The van der Waals surface area contributed by atoms with Gasteiger partial charge in [-0.2, -0.15) is 5.10 Å². The first-order chi connectivity index (χ1) is 9.72. The molecule has 1 atom stereocenters. The Labute approximate surface area is 135 Å². The van der Waals surface area contributed by atoms with Gasteiger partial charge in [-0.15, -0.1) is 12.4 Å². The quantitative estimate of drug-likeness (QED) is 0.939. The van der Waals surface area contributed by atoms with Crippen LogP contribution in [0.5, 0.6) is 0 Å². The zero-order valence-electron chi connectivity index (χ0n) is 11.7. The molecule has 0 amide bonds. The third-order valence-electron chi connectivity index (χ3n) is 3.65. The number of hydrogen-bond acceptors (Lipinski definition) is 4. The van der Waals surface area contributed by atoms with Crippen molar-refractivity contribution in [1.29, 1.82) is 0 Å². The van der Waals surface area contributed by atoms with Crippen molar-refractivity contribution in [2.75, 3.05) is 13.1 Å². The number of aromatic nitrogens is 3. The zero-order valence-corrected chi connectivity index (χ0v) is 13.2. The van der Waals surface area contributed by atoms with Crippen LogP contribution in [0.4, 0.5) is 0 Å². The molecule has 0 radical (unpaired) electrons. The second-order valence-electron chi connectivity index (χ2n) is 5.25. The fourth-order valence-corrected chi connectivity index (χ4v) is 2.86. The zero-order chi connectivity index (χ0) is 13.9. The van der Waals surface area contributed by atoms with E-state index in [0.717, 1.165) is 38.2 Å². The van der Waals surface area contributed by atoms with Gasteiger partial charge in [0.05, 0.1) is 5.69 Å². The van der Waals surface area contributed by atoms with E-state index in [1.807, 2.05) is 12.1 Å². The Hall–Kier alpha value is -1.14. The topological polar surface area (TPSA) is 60.0 Å². The first-order valence-corrected chi connectivity index (χ1v) is 7.21. The maximum Gasteiger partial charge on any atom is 0.138 e. The Morgan fingerprint density at radius 3 is 2.95 bits per heavy atom. The van der Waals surface area contributed by atoms with E-state index in [-0.39, 0.29) is 18.4 Å². The Balaban J connectivity index is 0.00000161. The Bertz CT molecular complexity index is 573. The van der Waals surface area contributed by atoms with Crippen LogP contribution in [-0.2, 0) is 6.54 Å². The molecule has 3 rings (SSSR count). The molecule has 0 aliphatic carbocycles. The molecule has 0 spiro atoms. The van der Waals surface area contributed by atoms with Crippen LogP contribution >= 0.6 is 24.0 Å². The first-order valence-electron chi connectivity index (χ1n) is 6.84. The van der Waals surface area contributed by atoms with Gasteiger partial charge < -0.3 is 5.73 Å². The van der Waals surface area contributed by atoms with Crippen molar-refractivity contribution in [2.45, 2.75) is 25.4 Å². The lowest BCUT2D eigenvalue weighted by molar-refractivity contribution is 0.201. The number of piperidine rings is 1. The Morgan fingerprint density at radius 2 is 2.24 bits per heavy atom. The molecular weight excluding hydrogens is 309 g/mol.